The number of urea groups is 1. The molecule has 2 N–H and O–H groups in total. The summed E-state index contributed by atoms with van der Waals surface area (Å²) in [5.74, 6) is -0.903. The first-order valence-corrected chi connectivity index (χ1v) is 15.7. The molecule has 1 aromatic heterocycles. The lowest BCUT2D eigenvalue weighted by Gasteiger charge is -2.26. The Hall–Kier alpha value is -2.55. The molecule has 2 aliphatic rings. The number of hydrogen-bond donors (Lipinski definition) is 2. The monoisotopic (exact) mass is 556 g/mol. The number of carbonyl (C=O) groups is 2. The van der Waals surface area contributed by atoms with Gasteiger partial charge in [0.05, 0.1) is 11.1 Å². The molecule has 1 aliphatic carbocycles. The number of benzene rings is 1. The van der Waals surface area contributed by atoms with E-state index in [0.717, 1.165) is 53.8 Å². The first kappa shape index (κ1) is 26.5. The van der Waals surface area contributed by atoms with Crippen molar-refractivity contribution in [1.82, 2.24) is 9.29 Å². The fourth-order valence-corrected chi connectivity index (χ4v) is 8.05. The summed E-state index contributed by atoms with van der Waals surface area (Å²) < 4.78 is 50.5. The molecule has 1 aromatic carbocycles. The van der Waals surface area contributed by atoms with E-state index >= 15 is 0 Å². The lowest BCUT2D eigenvalue weighted by molar-refractivity contribution is -0.140. The number of nitrogens with zero attached hydrogens (tertiary/aromatic N) is 3. The second kappa shape index (κ2) is 10.4. The second-order valence-corrected chi connectivity index (χ2v) is 14.2. The number of sulfonamides is 1. The van der Waals surface area contributed by atoms with Gasteiger partial charge in [-0.05, 0) is 55.9 Å². The van der Waals surface area contributed by atoms with Crippen LogP contribution >= 0.6 is 11.3 Å². The van der Waals surface area contributed by atoms with Crippen molar-refractivity contribution in [2.75, 3.05) is 29.6 Å². The molecule has 196 valence electrons. The molecule has 0 bridgehead atoms. The van der Waals surface area contributed by atoms with E-state index in [1.165, 1.54) is 17.0 Å². The Morgan fingerprint density at radius 1 is 1.11 bits per heavy atom. The van der Waals surface area contributed by atoms with Gasteiger partial charge in [-0.25, -0.2) is 26.6 Å². The molecule has 0 spiro atoms. The predicted molar refractivity (Wildman–Crippen MR) is 135 cm³/mol. The Morgan fingerprint density at radius 2 is 1.78 bits per heavy atom. The smallest absolute Gasteiger partial charge is 0.328 e. The number of carboxylic acid groups (broad SMARTS) is 1. The number of nitrogens with one attached hydrogen (secondary N) is 1. The number of thiazole rings is 1. The third-order valence-electron chi connectivity index (χ3n) is 6.49. The highest BCUT2D eigenvalue weighted by atomic mass is 32.2. The molecular formula is C22H28N4O7S3. The Morgan fingerprint density at radius 3 is 2.39 bits per heavy atom. The van der Waals surface area contributed by atoms with Gasteiger partial charge in [0.2, 0.25) is 0 Å². The zero-order chi connectivity index (χ0) is 26.1. The summed E-state index contributed by atoms with van der Waals surface area (Å²) in [6, 6.07) is 4.40. The quantitative estimate of drug-likeness (QED) is 0.503. The van der Waals surface area contributed by atoms with Gasteiger partial charge in [0.1, 0.15) is 6.04 Å². The predicted octanol–water partition coefficient (Wildman–Crippen LogP) is 3.01. The van der Waals surface area contributed by atoms with Crippen LogP contribution in [-0.4, -0.2) is 68.6 Å². The van der Waals surface area contributed by atoms with Crippen LogP contribution in [0.15, 0.2) is 39.6 Å². The Labute approximate surface area is 214 Å². The minimum absolute atomic E-state index is 0.0637. The van der Waals surface area contributed by atoms with Crippen molar-refractivity contribution in [3.63, 3.8) is 0 Å². The van der Waals surface area contributed by atoms with Crippen molar-refractivity contribution in [2.45, 2.75) is 53.7 Å². The molecule has 2 aromatic rings. The summed E-state index contributed by atoms with van der Waals surface area (Å²) in [5.41, 5.74) is 0.512. The SMILES string of the molecule is CS(=O)(=O)c1ccc(N(CC2CCCC2)C(=O)Nc2ncc(S(=O)(=O)N3CCCC3C(=O)O)s2)cc1. The molecule has 4 rings (SSSR count). The van der Waals surface area contributed by atoms with Crippen LogP contribution < -0.4 is 10.2 Å². The first-order chi connectivity index (χ1) is 17.0. The molecule has 1 saturated heterocycles. The van der Waals surface area contributed by atoms with Crippen molar-refractivity contribution in [3.8, 4) is 0 Å². The Kier molecular flexibility index (Phi) is 7.69. The fourth-order valence-electron chi connectivity index (χ4n) is 4.62. The minimum atomic E-state index is -4.07. The molecule has 14 heteroatoms. The van der Waals surface area contributed by atoms with Gasteiger partial charge in [-0.15, -0.1) is 0 Å². The van der Waals surface area contributed by atoms with Crippen molar-refractivity contribution < 1.29 is 31.5 Å². The normalized spacial score (nSPS) is 19.4. The van der Waals surface area contributed by atoms with E-state index in [1.807, 2.05) is 0 Å². The minimum Gasteiger partial charge on any atom is -0.480 e. The van der Waals surface area contributed by atoms with Crippen LogP contribution in [0.25, 0.3) is 0 Å². The molecule has 1 saturated carbocycles. The van der Waals surface area contributed by atoms with E-state index in [2.05, 4.69) is 10.3 Å². The van der Waals surface area contributed by atoms with Crippen molar-refractivity contribution in [1.29, 1.82) is 0 Å². The zero-order valence-electron chi connectivity index (χ0n) is 19.7. The molecule has 11 nitrogen and oxygen atoms in total. The maximum absolute atomic E-state index is 13.3. The number of sulfone groups is 1. The van der Waals surface area contributed by atoms with Crippen molar-refractivity contribution in [2.24, 2.45) is 5.92 Å². The number of aliphatic carboxylic acids is 1. The van der Waals surface area contributed by atoms with Gasteiger partial charge in [-0.1, -0.05) is 24.2 Å². The molecule has 2 fully saturated rings. The van der Waals surface area contributed by atoms with Crippen LogP contribution in [0, 0.1) is 5.92 Å². The zero-order valence-corrected chi connectivity index (χ0v) is 22.1. The largest absolute Gasteiger partial charge is 0.480 e. The highest BCUT2D eigenvalue weighted by Crippen LogP contribution is 2.32. The number of carboxylic acids is 1. The molecule has 1 unspecified atom stereocenters. The molecule has 2 heterocycles. The number of carbonyl (C=O) groups excluding carboxylic acids is 1. The van der Waals surface area contributed by atoms with E-state index in [0.29, 0.717) is 24.6 Å². The fraction of sp³-hybridized carbons (Fsp3) is 0.500. The average molecular weight is 557 g/mol. The van der Waals surface area contributed by atoms with Gasteiger partial charge in [-0.2, -0.15) is 4.31 Å². The van der Waals surface area contributed by atoms with E-state index in [-0.39, 0.29) is 27.2 Å². The lowest BCUT2D eigenvalue weighted by atomic mass is 10.1. The second-order valence-electron chi connectivity index (χ2n) is 9.05. The highest BCUT2D eigenvalue weighted by molar-refractivity contribution is 7.91. The summed E-state index contributed by atoms with van der Waals surface area (Å²) in [4.78, 5) is 30.4. The van der Waals surface area contributed by atoms with Crippen molar-refractivity contribution >= 4 is 54.0 Å². The van der Waals surface area contributed by atoms with Gasteiger partial charge in [0, 0.05) is 25.0 Å². The van der Waals surface area contributed by atoms with Gasteiger partial charge in [0.25, 0.3) is 10.0 Å². The van der Waals surface area contributed by atoms with Gasteiger partial charge >= 0.3 is 12.0 Å². The van der Waals surface area contributed by atoms with Crippen LogP contribution in [-0.2, 0) is 24.7 Å². The van der Waals surface area contributed by atoms with Crippen LogP contribution in [0.5, 0.6) is 0 Å². The Balaban J connectivity index is 1.54. The number of hydrogen-bond acceptors (Lipinski definition) is 8. The summed E-state index contributed by atoms with van der Waals surface area (Å²) in [5, 5.41) is 12.1. The van der Waals surface area contributed by atoms with Crippen LogP contribution in [0.2, 0.25) is 0 Å². The highest BCUT2D eigenvalue weighted by Gasteiger charge is 2.40. The standard InChI is InChI=1S/C22H28N4O7S3/c1-35(30,31)17-10-8-16(9-11-17)25(14-15-5-2-3-6-15)22(29)24-21-23-13-19(34-21)36(32,33)26-12-4-7-18(26)20(27)28/h8-11,13,15,18H,2-7,12,14H2,1H3,(H,27,28)(H,23,24,29). The molecular weight excluding hydrogens is 528 g/mol. The number of rotatable bonds is 8. The number of amides is 2. The van der Waals surface area contributed by atoms with Gasteiger partial charge in [0.15, 0.2) is 19.2 Å². The molecule has 0 radical (unpaired) electrons. The van der Waals surface area contributed by atoms with Crippen molar-refractivity contribution in [3.05, 3.63) is 30.5 Å². The molecule has 36 heavy (non-hydrogen) atoms. The summed E-state index contributed by atoms with van der Waals surface area (Å²) in [6.07, 6.45) is 7.03. The average Bonchev–Trinajstić information content (AvgIpc) is 3.59. The van der Waals surface area contributed by atoms with E-state index in [4.69, 9.17) is 0 Å². The van der Waals surface area contributed by atoms with E-state index < -0.39 is 37.9 Å². The van der Waals surface area contributed by atoms with Crippen LogP contribution in [0.4, 0.5) is 15.6 Å². The maximum Gasteiger partial charge on any atom is 0.328 e. The molecule has 2 amide bonds. The summed E-state index contributed by atoms with van der Waals surface area (Å²) in [6.45, 7) is 0.534. The van der Waals surface area contributed by atoms with Crippen LogP contribution in [0.3, 0.4) is 0 Å². The summed E-state index contributed by atoms with van der Waals surface area (Å²) in [7, 11) is -7.46. The van der Waals surface area contributed by atoms with Gasteiger partial charge < -0.3 is 5.11 Å². The van der Waals surface area contributed by atoms with Crippen LogP contribution in [0.1, 0.15) is 38.5 Å². The first-order valence-electron chi connectivity index (χ1n) is 11.6. The van der Waals surface area contributed by atoms with Gasteiger partial charge in [-0.3, -0.25) is 15.0 Å². The third-order valence-corrected chi connectivity index (χ3v) is 10.9. The third kappa shape index (κ3) is 5.71. The van der Waals surface area contributed by atoms with E-state index in [9.17, 15) is 31.5 Å². The molecule has 1 aliphatic heterocycles. The molecule has 1 atom stereocenters. The lowest BCUT2D eigenvalue weighted by Crippen LogP contribution is -2.40. The number of anilines is 2. The Bertz CT molecular complexity index is 1330. The maximum atomic E-state index is 13.3. The number of aromatic nitrogens is 1. The summed E-state index contributed by atoms with van der Waals surface area (Å²) >= 11 is 0.758. The van der Waals surface area contributed by atoms with E-state index in [1.54, 1.807) is 12.1 Å². The topological polar surface area (TPSA) is 154 Å².